The number of thioether (sulfide) groups is 1. The molecule has 1 unspecified atom stereocenters. The van der Waals surface area contributed by atoms with Gasteiger partial charge < -0.3 is 25.3 Å². The molecule has 0 saturated carbocycles. The van der Waals surface area contributed by atoms with Crippen LogP contribution in [0.15, 0.2) is 18.3 Å². The molecule has 1 aromatic rings. The third-order valence-corrected chi connectivity index (χ3v) is 5.55. The topological polar surface area (TPSA) is 86.5 Å². The largest absolute Gasteiger partial charge is 0.444 e. The van der Waals surface area contributed by atoms with Crippen molar-refractivity contribution in [1.29, 1.82) is 0 Å². The molecule has 1 atom stereocenters. The normalized spacial score (nSPS) is 15.2. The molecule has 0 aromatic carbocycles. The molecule has 1 aromatic heterocycles. The number of H-pyrrole nitrogens is 1. The molecule has 2 heterocycles. The summed E-state index contributed by atoms with van der Waals surface area (Å²) >= 11 is 6.77. The van der Waals surface area contributed by atoms with Crippen molar-refractivity contribution in [3.05, 3.63) is 28.5 Å². The number of carbonyl (C=O) groups is 2. The molecule has 1 fully saturated rings. The van der Waals surface area contributed by atoms with Crippen molar-refractivity contribution in [2.75, 3.05) is 24.7 Å². The molecule has 0 radical (unpaired) electrons. The van der Waals surface area contributed by atoms with Crippen molar-refractivity contribution in [1.82, 2.24) is 20.5 Å². The molecule has 0 bridgehead atoms. The van der Waals surface area contributed by atoms with E-state index in [0.717, 1.165) is 48.4 Å². The Labute approximate surface area is 182 Å². The maximum Gasteiger partial charge on any atom is 0.408 e. The molecule has 29 heavy (non-hydrogen) atoms. The predicted molar refractivity (Wildman–Crippen MR) is 119 cm³/mol. The number of rotatable bonds is 9. The molecule has 9 heteroatoms. The number of carbonyl (C=O) groups excluding carboxylic acids is 2. The molecule has 0 aliphatic carbocycles. The Morgan fingerprint density at radius 1 is 1.34 bits per heavy atom. The highest BCUT2D eigenvalue weighted by molar-refractivity contribution is 7.99. The Morgan fingerprint density at radius 3 is 2.76 bits per heavy atom. The molecule has 1 aliphatic heterocycles. The van der Waals surface area contributed by atoms with Crippen LogP contribution in [-0.4, -0.2) is 58.2 Å². The minimum atomic E-state index is -0.591. The van der Waals surface area contributed by atoms with Crippen LogP contribution in [0.3, 0.4) is 0 Å². The number of hydrogen-bond acceptors (Lipinski definition) is 6. The summed E-state index contributed by atoms with van der Waals surface area (Å²) in [4.78, 5) is 29.8. The first-order valence-electron chi connectivity index (χ1n) is 9.99. The second-order valence-corrected chi connectivity index (χ2v) is 9.59. The van der Waals surface area contributed by atoms with Crippen LogP contribution in [0.1, 0.15) is 45.6 Å². The lowest BCUT2D eigenvalue weighted by Gasteiger charge is -2.26. The minimum absolute atomic E-state index is 0.0200. The van der Waals surface area contributed by atoms with E-state index in [1.165, 1.54) is 0 Å². The number of nitrogens with one attached hydrogen (secondary N) is 3. The van der Waals surface area contributed by atoms with Crippen molar-refractivity contribution in [3.63, 3.8) is 0 Å². The molecule has 3 N–H and O–H groups in total. The Morgan fingerprint density at radius 2 is 2.14 bits per heavy atom. The van der Waals surface area contributed by atoms with E-state index in [1.807, 2.05) is 44.0 Å². The van der Waals surface area contributed by atoms with Gasteiger partial charge in [0, 0.05) is 25.0 Å². The van der Waals surface area contributed by atoms with Gasteiger partial charge in [-0.2, -0.15) is 0 Å². The summed E-state index contributed by atoms with van der Waals surface area (Å²) in [5.74, 6) is 1.61. The predicted octanol–water partition coefficient (Wildman–Crippen LogP) is 3.43. The van der Waals surface area contributed by atoms with E-state index >= 15 is 0 Å². The van der Waals surface area contributed by atoms with Crippen molar-refractivity contribution in [2.45, 2.75) is 58.2 Å². The Bertz CT molecular complexity index is 707. The summed E-state index contributed by atoms with van der Waals surface area (Å²) in [6.07, 6.45) is 3.71. The number of aromatic amines is 1. The molecule has 162 valence electrons. The van der Waals surface area contributed by atoms with Gasteiger partial charge in [-0.15, -0.1) is 11.8 Å². The maximum absolute atomic E-state index is 12.8. The van der Waals surface area contributed by atoms with Crippen molar-refractivity contribution in [2.24, 2.45) is 0 Å². The SMILES string of the molecule is CC(C)(C)OC(=O)NC(CCCCNCc1ccc(=S)[nH]c1)C(=O)N1CCSC1. The average Bonchev–Trinajstić information content (AvgIpc) is 3.17. The fraction of sp³-hybridized carbons (Fsp3) is 0.650. The van der Waals surface area contributed by atoms with Crippen LogP contribution in [0.5, 0.6) is 0 Å². The second-order valence-electron chi connectivity index (χ2n) is 8.07. The summed E-state index contributed by atoms with van der Waals surface area (Å²) in [7, 11) is 0. The van der Waals surface area contributed by atoms with E-state index in [9.17, 15) is 9.59 Å². The standard InChI is InChI=1S/C20H32N4O3S2/c1-20(2,3)27-19(26)23-16(18(25)24-10-11-29-14-24)6-4-5-9-21-12-15-7-8-17(28)22-13-15/h7-8,13,16,21H,4-6,9-12,14H2,1-3H3,(H,22,28)(H,23,26). The average molecular weight is 441 g/mol. The lowest BCUT2D eigenvalue weighted by atomic mass is 10.1. The number of hydrogen-bond donors (Lipinski definition) is 3. The van der Waals surface area contributed by atoms with Crippen LogP contribution in [0.2, 0.25) is 0 Å². The molecule has 2 amide bonds. The molecule has 7 nitrogen and oxygen atoms in total. The van der Waals surface area contributed by atoms with Gasteiger partial charge in [0.05, 0.1) is 5.88 Å². The van der Waals surface area contributed by atoms with Crippen LogP contribution in [0.25, 0.3) is 0 Å². The monoisotopic (exact) mass is 440 g/mol. The Kier molecular flexibility index (Phi) is 9.45. The van der Waals surface area contributed by atoms with Gasteiger partial charge in [0.15, 0.2) is 0 Å². The van der Waals surface area contributed by atoms with E-state index in [1.54, 1.807) is 11.8 Å². The zero-order valence-corrected chi connectivity index (χ0v) is 19.1. The van der Waals surface area contributed by atoms with Crippen LogP contribution in [0, 0.1) is 4.64 Å². The van der Waals surface area contributed by atoms with Gasteiger partial charge in [0.25, 0.3) is 0 Å². The van der Waals surface area contributed by atoms with Gasteiger partial charge in [-0.05, 0) is 58.2 Å². The fourth-order valence-electron chi connectivity index (χ4n) is 2.90. The summed E-state index contributed by atoms with van der Waals surface area (Å²) in [5, 5.41) is 6.16. The van der Waals surface area contributed by atoms with Crippen molar-refractivity contribution in [3.8, 4) is 0 Å². The minimum Gasteiger partial charge on any atom is -0.444 e. The summed E-state index contributed by atoms with van der Waals surface area (Å²) in [5.41, 5.74) is 0.552. The third kappa shape index (κ3) is 9.18. The Balaban J connectivity index is 1.76. The maximum atomic E-state index is 12.8. The second kappa shape index (κ2) is 11.6. The molecule has 2 rings (SSSR count). The number of unbranched alkanes of at least 4 members (excludes halogenated alkanes) is 1. The number of alkyl carbamates (subject to hydrolysis) is 1. The number of ether oxygens (including phenoxy) is 1. The van der Waals surface area contributed by atoms with E-state index < -0.39 is 17.7 Å². The number of aromatic nitrogens is 1. The first-order valence-corrected chi connectivity index (χ1v) is 11.6. The van der Waals surface area contributed by atoms with Gasteiger partial charge >= 0.3 is 6.09 Å². The quantitative estimate of drug-likeness (QED) is 0.403. The third-order valence-electron chi connectivity index (χ3n) is 4.33. The van der Waals surface area contributed by atoms with Gasteiger partial charge in [-0.1, -0.05) is 18.3 Å². The number of nitrogens with zero attached hydrogens (tertiary/aromatic N) is 1. The summed E-state index contributed by atoms with van der Waals surface area (Å²) in [6, 6.07) is 3.33. The zero-order valence-electron chi connectivity index (χ0n) is 17.5. The Hall–Kier alpha value is -1.58. The molecular weight excluding hydrogens is 408 g/mol. The first kappa shape index (κ1) is 23.7. The molecule has 1 aliphatic rings. The first-order chi connectivity index (χ1) is 13.7. The van der Waals surface area contributed by atoms with Crippen molar-refractivity contribution < 1.29 is 14.3 Å². The van der Waals surface area contributed by atoms with Gasteiger partial charge in [0.2, 0.25) is 5.91 Å². The highest BCUT2D eigenvalue weighted by atomic mass is 32.2. The molecule has 0 spiro atoms. The van der Waals surface area contributed by atoms with E-state index in [2.05, 4.69) is 15.6 Å². The van der Waals surface area contributed by atoms with Crippen LogP contribution >= 0.6 is 24.0 Å². The van der Waals surface area contributed by atoms with E-state index in [0.29, 0.717) is 12.3 Å². The van der Waals surface area contributed by atoms with Gasteiger partial charge in [0.1, 0.15) is 16.3 Å². The molecular formula is C20H32N4O3S2. The highest BCUT2D eigenvalue weighted by Gasteiger charge is 2.29. The van der Waals surface area contributed by atoms with E-state index in [4.69, 9.17) is 17.0 Å². The summed E-state index contributed by atoms with van der Waals surface area (Å²) in [6.45, 7) is 7.76. The highest BCUT2D eigenvalue weighted by Crippen LogP contribution is 2.16. The summed E-state index contributed by atoms with van der Waals surface area (Å²) < 4.78 is 6.06. The number of pyridine rings is 1. The van der Waals surface area contributed by atoms with Crippen LogP contribution < -0.4 is 10.6 Å². The van der Waals surface area contributed by atoms with Crippen molar-refractivity contribution >= 4 is 36.0 Å². The fourth-order valence-corrected chi connectivity index (χ4v) is 3.98. The van der Waals surface area contributed by atoms with E-state index in [-0.39, 0.29) is 5.91 Å². The lowest BCUT2D eigenvalue weighted by molar-refractivity contribution is -0.132. The van der Waals surface area contributed by atoms with Gasteiger partial charge in [-0.3, -0.25) is 4.79 Å². The van der Waals surface area contributed by atoms with Gasteiger partial charge in [-0.25, -0.2) is 4.79 Å². The zero-order chi connectivity index (χ0) is 21.3. The lowest BCUT2D eigenvalue weighted by Crippen LogP contribution is -2.49. The molecule has 1 saturated heterocycles. The number of amides is 2. The van der Waals surface area contributed by atoms with Crippen LogP contribution in [0.4, 0.5) is 4.79 Å². The smallest absolute Gasteiger partial charge is 0.408 e. The van der Waals surface area contributed by atoms with Crippen LogP contribution in [-0.2, 0) is 16.1 Å².